The molecule has 0 amide bonds. The number of methoxy groups -OCH3 is 1. The average molecular weight is 247 g/mol. The van der Waals surface area contributed by atoms with Crippen LogP contribution >= 0.6 is 0 Å². The second kappa shape index (κ2) is 4.52. The quantitative estimate of drug-likeness (QED) is 0.790. The fourth-order valence-electron chi connectivity index (χ4n) is 1.03. The van der Waals surface area contributed by atoms with Gasteiger partial charge < -0.3 is 4.74 Å². The summed E-state index contributed by atoms with van der Waals surface area (Å²) >= 11 is 0. The molecular weight excluding hydrogens is 230 g/mol. The van der Waals surface area contributed by atoms with E-state index in [1.165, 1.54) is 13.3 Å². The smallest absolute Gasteiger partial charge is 0.244 e. The molecule has 0 aliphatic carbocycles. The molecule has 0 bridgehead atoms. The van der Waals surface area contributed by atoms with Gasteiger partial charge in [0, 0.05) is 13.7 Å². The van der Waals surface area contributed by atoms with Crippen molar-refractivity contribution in [3.63, 3.8) is 0 Å². The van der Waals surface area contributed by atoms with E-state index in [1.54, 1.807) is 20.8 Å². The normalized spacial score (nSPS) is 13.0. The molecule has 1 aromatic rings. The van der Waals surface area contributed by atoms with Crippen LogP contribution in [0.15, 0.2) is 11.1 Å². The number of nitrogens with one attached hydrogen (secondary N) is 2. The number of aromatic amines is 1. The molecule has 1 rings (SSSR count). The Morgan fingerprint density at radius 3 is 2.62 bits per heavy atom. The standard InChI is InChI=1S/C9H17N3O3S/c1-7-8(5-10-12-7)16(13,14)11-6-9(2,3)15-4/h5,11H,6H2,1-4H3,(H,10,12). The molecule has 0 aromatic carbocycles. The zero-order valence-electron chi connectivity index (χ0n) is 9.86. The van der Waals surface area contributed by atoms with Crippen LogP contribution < -0.4 is 4.72 Å². The summed E-state index contributed by atoms with van der Waals surface area (Å²) in [6.07, 6.45) is 1.29. The lowest BCUT2D eigenvalue weighted by atomic mass is 10.1. The second-order valence-corrected chi connectivity index (χ2v) is 5.88. The second-order valence-electron chi connectivity index (χ2n) is 4.15. The highest BCUT2D eigenvalue weighted by Crippen LogP contribution is 2.12. The summed E-state index contributed by atoms with van der Waals surface area (Å²) in [6.45, 7) is 5.47. The van der Waals surface area contributed by atoms with Crippen LogP contribution in [0.2, 0.25) is 0 Å². The highest BCUT2D eigenvalue weighted by Gasteiger charge is 2.23. The van der Waals surface area contributed by atoms with Crippen molar-refractivity contribution in [2.24, 2.45) is 0 Å². The lowest BCUT2D eigenvalue weighted by molar-refractivity contribution is 0.0276. The number of sulfonamides is 1. The maximum atomic E-state index is 11.9. The van der Waals surface area contributed by atoms with Gasteiger partial charge in [0.2, 0.25) is 10.0 Å². The summed E-state index contributed by atoms with van der Waals surface area (Å²) in [7, 11) is -1.98. The minimum atomic E-state index is -3.51. The van der Waals surface area contributed by atoms with Crippen molar-refractivity contribution in [1.29, 1.82) is 0 Å². The maximum absolute atomic E-state index is 11.9. The van der Waals surface area contributed by atoms with Gasteiger partial charge in [-0.15, -0.1) is 0 Å². The average Bonchev–Trinajstić information content (AvgIpc) is 2.63. The summed E-state index contributed by atoms with van der Waals surface area (Å²) < 4.78 is 31.3. The third-order valence-corrected chi connectivity index (χ3v) is 3.83. The molecule has 0 atom stereocenters. The van der Waals surface area contributed by atoms with Crippen molar-refractivity contribution in [2.45, 2.75) is 31.3 Å². The molecule has 0 saturated heterocycles. The van der Waals surface area contributed by atoms with Gasteiger partial charge in [-0.1, -0.05) is 0 Å². The summed E-state index contributed by atoms with van der Waals surface area (Å²) in [5.74, 6) is 0. The number of rotatable bonds is 5. The number of nitrogens with zero attached hydrogens (tertiary/aromatic N) is 1. The molecule has 0 aliphatic rings. The predicted molar refractivity (Wildman–Crippen MR) is 59.6 cm³/mol. The third-order valence-electron chi connectivity index (χ3n) is 2.31. The van der Waals surface area contributed by atoms with Gasteiger partial charge in [0.05, 0.1) is 17.5 Å². The summed E-state index contributed by atoms with van der Waals surface area (Å²) in [4.78, 5) is 0.166. The van der Waals surface area contributed by atoms with Crippen molar-refractivity contribution >= 4 is 10.0 Å². The lowest BCUT2D eigenvalue weighted by Gasteiger charge is -2.22. The van der Waals surface area contributed by atoms with E-state index in [-0.39, 0.29) is 11.4 Å². The molecule has 0 fully saturated rings. The summed E-state index contributed by atoms with van der Waals surface area (Å²) in [6, 6.07) is 0. The number of ether oxygens (including phenoxy) is 1. The minimum absolute atomic E-state index is 0.166. The van der Waals surface area contributed by atoms with Crippen LogP contribution in [0.1, 0.15) is 19.5 Å². The predicted octanol–water partition coefficient (Wildman–Crippen LogP) is 0.421. The van der Waals surface area contributed by atoms with E-state index < -0.39 is 15.6 Å². The Kier molecular flexibility index (Phi) is 3.72. The molecule has 0 radical (unpaired) electrons. The van der Waals surface area contributed by atoms with Crippen LogP contribution in [0.4, 0.5) is 0 Å². The van der Waals surface area contributed by atoms with Crippen LogP contribution in [0.25, 0.3) is 0 Å². The molecule has 1 aromatic heterocycles. The SMILES string of the molecule is COC(C)(C)CNS(=O)(=O)c1cn[nH]c1C. The van der Waals surface area contributed by atoms with Gasteiger partial charge >= 0.3 is 0 Å². The molecule has 1 heterocycles. The van der Waals surface area contributed by atoms with Gasteiger partial charge in [0.1, 0.15) is 4.90 Å². The highest BCUT2D eigenvalue weighted by molar-refractivity contribution is 7.89. The molecule has 92 valence electrons. The van der Waals surface area contributed by atoms with E-state index in [9.17, 15) is 8.42 Å². The molecular formula is C9H17N3O3S. The van der Waals surface area contributed by atoms with Crippen LogP contribution in [0.5, 0.6) is 0 Å². The Morgan fingerprint density at radius 1 is 1.56 bits per heavy atom. The molecule has 6 nitrogen and oxygen atoms in total. The third kappa shape index (κ3) is 3.03. The topological polar surface area (TPSA) is 84.1 Å². The Balaban J connectivity index is 2.79. The number of hydrogen-bond donors (Lipinski definition) is 2. The molecule has 7 heteroatoms. The van der Waals surface area contributed by atoms with Gasteiger partial charge in [-0.3, -0.25) is 5.10 Å². The van der Waals surface area contributed by atoms with Gasteiger partial charge in [0.15, 0.2) is 0 Å². The van der Waals surface area contributed by atoms with Crippen molar-refractivity contribution in [1.82, 2.24) is 14.9 Å². The summed E-state index contributed by atoms with van der Waals surface area (Å²) in [5.41, 5.74) is -0.0206. The van der Waals surface area contributed by atoms with Crippen LogP contribution in [-0.4, -0.2) is 37.9 Å². The highest BCUT2D eigenvalue weighted by atomic mass is 32.2. The lowest BCUT2D eigenvalue weighted by Crippen LogP contribution is -2.39. The van der Waals surface area contributed by atoms with Gasteiger partial charge in [-0.05, 0) is 20.8 Å². The van der Waals surface area contributed by atoms with Crippen molar-refractivity contribution in [2.75, 3.05) is 13.7 Å². The first-order valence-electron chi connectivity index (χ1n) is 4.83. The fourth-order valence-corrected chi connectivity index (χ4v) is 2.36. The van der Waals surface area contributed by atoms with Crippen LogP contribution in [-0.2, 0) is 14.8 Å². The van der Waals surface area contributed by atoms with Crippen molar-refractivity contribution < 1.29 is 13.2 Å². The Bertz CT molecular complexity index is 450. The first-order chi connectivity index (χ1) is 7.28. The Morgan fingerprint density at radius 2 is 2.19 bits per heavy atom. The van der Waals surface area contributed by atoms with E-state index in [4.69, 9.17) is 4.74 Å². The van der Waals surface area contributed by atoms with E-state index in [0.29, 0.717) is 5.69 Å². The fraction of sp³-hybridized carbons (Fsp3) is 0.667. The number of aromatic nitrogens is 2. The molecule has 0 aliphatic heterocycles. The van der Waals surface area contributed by atoms with E-state index in [2.05, 4.69) is 14.9 Å². The molecule has 2 N–H and O–H groups in total. The van der Waals surface area contributed by atoms with Gasteiger partial charge in [-0.2, -0.15) is 5.10 Å². The number of hydrogen-bond acceptors (Lipinski definition) is 4. The van der Waals surface area contributed by atoms with E-state index in [0.717, 1.165) is 0 Å². The van der Waals surface area contributed by atoms with Gasteiger partial charge in [0.25, 0.3) is 0 Å². The Labute approximate surface area is 95.4 Å². The molecule has 16 heavy (non-hydrogen) atoms. The zero-order valence-corrected chi connectivity index (χ0v) is 10.7. The minimum Gasteiger partial charge on any atom is -0.377 e. The van der Waals surface area contributed by atoms with E-state index in [1.807, 2.05) is 0 Å². The van der Waals surface area contributed by atoms with Crippen molar-refractivity contribution in [3.8, 4) is 0 Å². The van der Waals surface area contributed by atoms with Crippen LogP contribution in [0, 0.1) is 6.92 Å². The monoisotopic (exact) mass is 247 g/mol. The largest absolute Gasteiger partial charge is 0.377 e. The first-order valence-corrected chi connectivity index (χ1v) is 6.31. The Hall–Kier alpha value is -0.920. The number of H-pyrrole nitrogens is 1. The van der Waals surface area contributed by atoms with E-state index >= 15 is 0 Å². The number of aryl methyl sites for hydroxylation is 1. The van der Waals surface area contributed by atoms with Gasteiger partial charge in [-0.25, -0.2) is 13.1 Å². The zero-order chi connectivity index (χ0) is 12.4. The maximum Gasteiger partial charge on any atom is 0.244 e. The summed E-state index contributed by atoms with van der Waals surface area (Å²) in [5, 5.41) is 6.26. The molecule has 0 spiro atoms. The first kappa shape index (κ1) is 13.1. The van der Waals surface area contributed by atoms with Crippen LogP contribution in [0.3, 0.4) is 0 Å². The molecule has 0 unspecified atom stereocenters. The van der Waals surface area contributed by atoms with Crippen molar-refractivity contribution in [3.05, 3.63) is 11.9 Å². The molecule has 0 saturated carbocycles.